The largest absolute Gasteiger partial charge is 0.315 e. The third-order valence-electron chi connectivity index (χ3n) is 2.99. The molecule has 0 amide bonds. The Morgan fingerprint density at radius 3 is 2.67 bits per heavy atom. The molecule has 100 valence electrons. The number of hydrogen-bond acceptors (Lipinski definition) is 3. The molecule has 0 spiro atoms. The van der Waals surface area contributed by atoms with Crippen molar-refractivity contribution in [2.24, 2.45) is 0 Å². The van der Waals surface area contributed by atoms with Gasteiger partial charge in [-0.15, -0.1) is 0 Å². The van der Waals surface area contributed by atoms with Crippen LogP contribution in [0.1, 0.15) is 19.3 Å². The van der Waals surface area contributed by atoms with Crippen LogP contribution in [0.5, 0.6) is 0 Å². The van der Waals surface area contributed by atoms with Crippen LogP contribution in [-0.2, 0) is 10.0 Å². The van der Waals surface area contributed by atoms with E-state index in [0.717, 1.165) is 37.9 Å². The minimum atomic E-state index is -3.55. The summed E-state index contributed by atoms with van der Waals surface area (Å²) in [5.74, 6) is -0.440. The fourth-order valence-electron chi connectivity index (χ4n) is 2.02. The minimum absolute atomic E-state index is 0.0949. The molecular formula is C12H17FN2O2S. The van der Waals surface area contributed by atoms with Crippen LogP contribution in [0.4, 0.5) is 4.39 Å². The van der Waals surface area contributed by atoms with Crippen molar-refractivity contribution in [1.29, 1.82) is 0 Å². The molecule has 1 atom stereocenters. The molecule has 0 aliphatic carbocycles. The van der Waals surface area contributed by atoms with E-state index in [0.29, 0.717) is 6.54 Å². The van der Waals surface area contributed by atoms with E-state index < -0.39 is 15.8 Å². The van der Waals surface area contributed by atoms with E-state index in [2.05, 4.69) is 10.0 Å². The monoisotopic (exact) mass is 272 g/mol. The topological polar surface area (TPSA) is 58.2 Å². The van der Waals surface area contributed by atoms with E-state index >= 15 is 0 Å². The molecule has 2 rings (SSSR count). The maximum Gasteiger partial charge on any atom is 0.240 e. The molecule has 4 nitrogen and oxygen atoms in total. The second-order valence-corrected chi connectivity index (χ2v) is 6.19. The standard InChI is InChI=1S/C12H17FN2O2S/c13-10-4-6-12(7-5-10)18(16,17)15-11-3-1-2-8-14-9-11/h4-7,11,14-15H,1-3,8-9H2. The van der Waals surface area contributed by atoms with Crippen LogP contribution >= 0.6 is 0 Å². The normalized spacial score (nSPS) is 21.5. The lowest BCUT2D eigenvalue weighted by molar-refractivity contribution is 0.521. The Morgan fingerprint density at radius 1 is 1.22 bits per heavy atom. The lowest BCUT2D eigenvalue weighted by atomic mass is 10.2. The van der Waals surface area contributed by atoms with Gasteiger partial charge >= 0.3 is 0 Å². The number of sulfonamides is 1. The summed E-state index contributed by atoms with van der Waals surface area (Å²) in [6.45, 7) is 1.56. The van der Waals surface area contributed by atoms with E-state index in [1.54, 1.807) is 0 Å². The van der Waals surface area contributed by atoms with Crippen molar-refractivity contribution in [1.82, 2.24) is 10.0 Å². The summed E-state index contributed by atoms with van der Waals surface area (Å²) in [5.41, 5.74) is 0. The van der Waals surface area contributed by atoms with Crippen LogP contribution in [0.25, 0.3) is 0 Å². The first kappa shape index (κ1) is 13.5. The van der Waals surface area contributed by atoms with Gasteiger partial charge in [0.25, 0.3) is 0 Å². The summed E-state index contributed by atoms with van der Waals surface area (Å²) in [5, 5.41) is 3.19. The quantitative estimate of drug-likeness (QED) is 0.870. The zero-order valence-corrected chi connectivity index (χ0v) is 10.8. The Hall–Kier alpha value is -0.980. The van der Waals surface area contributed by atoms with Crippen molar-refractivity contribution in [3.05, 3.63) is 30.1 Å². The summed E-state index contributed by atoms with van der Waals surface area (Å²) in [7, 11) is -3.55. The first-order valence-corrected chi connectivity index (χ1v) is 7.55. The Bertz CT molecular complexity index is 479. The van der Waals surface area contributed by atoms with Crippen molar-refractivity contribution < 1.29 is 12.8 Å². The van der Waals surface area contributed by atoms with Crippen LogP contribution in [0.15, 0.2) is 29.2 Å². The van der Waals surface area contributed by atoms with Crippen LogP contribution in [-0.4, -0.2) is 27.5 Å². The molecule has 1 aliphatic heterocycles. The van der Waals surface area contributed by atoms with Gasteiger partial charge in [-0.3, -0.25) is 0 Å². The Labute approximate surface area is 107 Å². The summed E-state index contributed by atoms with van der Waals surface area (Å²) in [6, 6.07) is 4.77. The number of halogens is 1. The van der Waals surface area contributed by atoms with Gasteiger partial charge in [0.2, 0.25) is 10.0 Å². The molecular weight excluding hydrogens is 255 g/mol. The molecule has 0 saturated carbocycles. The van der Waals surface area contributed by atoms with Gasteiger partial charge in [0.15, 0.2) is 0 Å². The van der Waals surface area contributed by atoms with Crippen molar-refractivity contribution in [2.45, 2.75) is 30.2 Å². The fourth-order valence-corrected chi connectivity index (χ4v) is 3.29. The van der Waals surface area contributed by atoms with E-state index in [9.17, 15) is 12.8 Å². The summed E-state index contributed by atoms with van der Waals surface area (Å²) < 4.78 is 39.5. The second-order valence-electron chi connectivity index (χ2n) is 4.47. The highest BCUT2D eigenvalue weighted by atomic mass is 32.2. The predicted molar refractivity (Wildman–Crippen MR) is 67.2 cm³/mol. The Balaban J connectivity index is 2.08. The molecule has 18 heavy (non-hydrogen) atoms. The molecule has 1 aromatic carbocycles. The molecule has 1 heterocycles. The van der Waals surface area contributed by atoms with Crippen LogP contribution in [0.3, 0.4) is 0 Å². The average molecular weight is 272 g/mol. The third kappa shape index (κ3) is 3.51. The number of hydrogen-bond donors (Lipinski definition) is 2. The lowest BCUT2D eigenvalue weighted by Gasteiger charge is -2.16. The van der Waals surface area contributed by atoms with Gasteiger partial charge in [0, 0.05) is 12.6 Å². The number of nitrogens with one attached hydrogen (secondary N) is 2. The van der Waals surface area contributed by atoms with Crippen LogP contribution in [0, 0.1) is 5.82 Å². The van der Waals surface area contributed by atoms with Gasteiger partial charge in [0.05, 0.1) is 4.90 Å². The van der Waals surface area contributed by atoms with Crippen LogP contribution in [0.2, 0.25) is 0 Å². The zero-order valence-electron chi connectivity index (χ0n) is 10.0. The second kappa shape index (κ2) is 5.77. The third-order valence-corrected chi connectivity index (χ3v) is 4.53. The molecule has 1 unspecified atom stereocenters. The zero-order chi connectivity index (χ0) is 13.0. The first-order valence-electron chi connectivity index (χ1n) is 6.06. The molecule has 0 aromatic heterocycles. The van der Waals surface area contributed by atoms with Crippen molar-refractivity contribution >= 4 is 10.0 Å². The fraction of sp³-hybridized carbons (Fsp3) is 0.500. The molecule has 0 radical (unpaired) electrons. The van der Waals surface area contributed by atoms with Crippen LogP contribution < -0.4 is 10.0 Å². The van der Waals surface area contributed by atoms with Crippen molar-refractivity contribution in [2.75, 3.05) is 13.1 Å². The first-order chi connectivity index (χ1) is 8.58. The smallest absolute Gasteiger partial charge is 0.240 e. The van der Waals surface area contributed by atoms with Gasteiger partial charge in [-0.25, -0.2) is 17.5 Å². The molecule has 1 fully saturated rings. The summed E-state index contributed by atoms with van der Waals surface area (Å²) in [4.78, 5) is 0.105. The van der Waals surface area contributed by atoms with Crippen molar-refractivity contribution in [3.63, 3.8) is 0 Å². The SMILES string of the molecule is O=S(=O)(NC1CCCCNC1)c1ccc(F)cc1. The van der Waals surface area contributed by atoms with E-state index in [1.807, 2.05) is 0 Å². The average Bonchev–Trinajstić information content (AvgIpc) is 2.57. The summed E-state index contributed by atoms with van der Waals surface area (Å²) >= 11 is 0. The Kier molecular flexibility index (Phi) is 4.31. The van der Waals surface area contributed by atoms with Gasteiger partial charge in [-0.1, -0.05) is 6.42 Å². The summed E-state index contributed by atoms with van der Waals surface area (Å²) in [6.07, 6.45) is 2.89. The molecule has 0 bridgehead atoms. The highest BCUT2D eigenvalue weighted by molar-refractivity contribution is 7.89. The molecule has 1 aliphatic rings. The Morgan fingerprint density at radius 2 is 1.94 bits per heavy atom. The van der Waals surface area contributed by atoms with E-state index in [-0.39, 0.29) is 10.9 Å². The predicted octanol–water partition coefficient (Wildman–Crippen LogP) is 1.25. The highest BCUT2D eigenvalue weighted by Crippen LogP contribution is 2.12. The number of rotatable bonds is 3. The maximum atomic E-state index is 12.8. The molecule has 2 N–H and O–H groups in total. The van der Waals surface area contributed by atoms with Gasteiger partial charge in [0.1, 0.15) is 5.82 Å². The highest BCUT2D eigenvalue weighted by Gasteiger charge is 2.20. The van der Waals surface area contributed by atoms with Gasteiger partial charge < -0.3 is 5.32 Å². The minimum Gasteiger partial charge on any atom is -0.315 e. The van der Waals surface area contributed by atoms with Gasteiger partial charge in [-0.05, 0) is 43.7 Å². The van der Waals surface area contributed by atoms with Crippen molar-refractivity contribution in [3.8, 4) is 0 Å². The van der Waals surface area contributed by atoms with Gasteiger partial charge in [-0.2, -0.15) is 0 Å². The molecule has 1 saturated heterocycles. The molecule has 6 heteroatoms. The van der Waals surface area contributed by atoms with E-state index in [4.69, 9.17) is 0 Å². The lowest BCUT2D eigenvalue weighted by Crippen LogP contribution is -2.40. The molecule has 1 aromatic rings. The number of benzene rings is 1. The maximum absolute atomic E-state index is 12.8. The van der Waals surface area contributed by atoms with E-state index in [1.165, 1.54) is 12.1 Å².